The van der Waals surface area contributed by atoms with Crippen LogP contribution in [0.1, 0.15) is 24.8 Å². The number of likely N-dealkylation sites (tertiary alicyclic amines) is 1. The van der Waals surface area contributed by atoms with Gasteiger partial charge >= 0.3 is 0 Å². The largest absolute Gasteiger partial charge is 0.390 e. The lowest BCUT2D eigenvalue weighted by atomic mass is 10.0. The molecule has 1 aromatic rings. The second-order valence-electron chi connectivity index (χ2n) is 6.51. The third-order valence-electron chi connectivity index (χ3n) is 4.29. The summed E-state index contributed by atoms with van der Waals surface area (Å²) in [4.78, 5) is 27.2. The predicted octanol–water partition coefficient (Wildman–Crippen LogP) is -0.628. The van der Waals surface area contributed by atoms with E-state index < -0.39 is 6.10 Å². The Bertz CT molecular complexity index is 532. The highest BCUT2D eigenvalue weighted by Crippen LogP contribution is 2.12. The molecule has 1 aliphatic rings. The standard InChI is InChI=1S/C16H27N5O3/c1-20(2)16(24)11-21-7-6-13(14(22)10-21)19-15(23)5-3-4-12-8-17-18-9-12/h8-9,13-14,22H,3-7,10-11H2,1-2H3,(H,17,18)(H,19,23)/t13-,14-/m1/s1. The molecule has 0 radical (unpaired) electrons. The lowest BCUT2D eigenvalue weighted by molar-refractivity contribution is -0.131. The van der Waals surface area contributed by atoms with Crippen molar-refractivity contribution in [3.8, 4) is 0 Å². The molecule has 0 bridgehead atoms. The first kappa shape index (κ1) is 18.4. The summed E-state index contributed by atoms with van der Waals surface area (Å²) in [5.41, 5.74) is 1.08. The van der Waals surface area contributed by atoms with Crippen LogP contribution in [0.3, 0.4) is 0 Å². The highest BCUT2D eigenvalue weighted by Gasteiger charge is 2.29. The molecular formula is C16H27N5O3. The summed E-state index contributed by atoms with van der Waals surface area (Å²) in [5.74, 6) is -0.0238. The van der Waals surface area contributed by atoms with E-state index in [2.05, 4.69) is 15.5 Å². The average molecular weight is 337 g/mol. The Labute approximate surface area is 142 Å². The van der Waals surface area contributed by atoms with Crippen molar-refractivity contribution in [1.29, 1.82) is 0 Å². The lowest BCUT2D eigenvalue weighted by Gasteiger charge is -2.36. The van der Waals surface area contributed by atoms with E-state index in [0.29, 0.717) is 32.5 Å². The number of likely N-dealkylation sites (N-methyl/N-ethyl adjacent to an activating group) is 1. The molecule has 1 aliphatic heterocycles. The Kier molecular flexibility index (Phi) is 6.74. The third-order valence-corrected chi connectivity index (χ3v) is 4.29. The molecule has 24 heavy (non-hydrogen) atoms. The first-order valence-electron chi connectivity index (χ1n) is 8.33. The summed E-state index contributed by atoms with van der Waals surface area (Å²) in [7, 11) is 3.44. The number of carbonyl (C=O) groups is 2. The number of nitrogens with one attached hydrogen (secondary N) is 2. The summed E-state index contributed by atoms with van der Waals surface area (Å²) < 4.78 is 0. The summed E-state index contributed by atoms with van der Waals surface area (Å²) >= 11 is 0. The number of aliphatic hydroxyl groups excluding tert-OH is 1. The van der Waals surface area contributed by atoms with Gasteiger partial charge in [0.2, 0.25) is 11.8 Å². The number of nitrogens with zero attached hydrogens (tertiary/aromatic N) is 3. The van der Waals surface area contributed by atoms with Gasteiger partial charge in [0, 0.05) is 39.8 Å². The molecule has 134 valence electrons. The Morgan fingerprint density at radius 3 is 2.92 bits per heavy atom. The molecule has 2 atom stereocenters. The lowest BCUT2D eigenvalue weighted by Crippen LogP contribution is -2.55. The molecular weight excluding hydrogens is 310 g/mol. The number of H-pyrrole nitrogens is 1. The monoisotopic (exact) mass is 337 g/mol. The number of aliphatic hydroxyl groups is 1. The Morgan fingerprint density at radius 2 is 2.29 bits per heavy atom. The molecule has 0 aromatic carbocycles. The second kappa shape index (κ2) is 8.79. The summed E-state index contributed by atoms with van der Waals surface area (Å²) in [6.07, 6.45) is 5.56. The average Bonchev–Trinajstić information content (AvgIpc) is 3.03. The van der Waals surface area contributed by atoms with E-state index in [4.69, 9.17) is 0 Å². The van der Waals surface area contributed by atoms with Crippen LogP contribution in [0.15, 0.2) is 12.4 Å². The van der Waals surface area contributed by atoms with Crippen molar-refractivity contribution in [3.05, 3.63) is 18.0 Å². The van der Waals surface area contributed by atoms with E-state index in [9.17, 15) is 14.7 Å². The minimum Gasteiger partial charge on any atom is -0.390 e. The zero-order valence-electron chi connectivity index (χ0n) is 14.4. The van der Waals surface area contributed by atoms with E-state index in [0.717, 1.165) is 18.4 Å². The minimum atomic E-state index is -0.647. The number of β-amino-alcohol motifs (C(OH)–C–C–N with tert-alkyl or cyclic N) is 1. The van der Waals surface area contributed by atoms with Crippen LogP contribution in [0, 0.1) is 0 Å². The van der Waals surface area contributed by atoms with E-state index in [1.807, 2.05) is 11.1 Å². The van der Waals surface area contributed by atoms with Crippen LogP contribution in [-0.4, -0.2) is 82.8 Å². The number of rotatable bonds is 7. The molecule has 2 rings (SSSR count). The molecule has 1 fully saturated rings. The van der Waals surface area contributed by atoms with Crippen molar-refractivity contribution in [2.45, 2.75) is 37.8 Å². The number of carbonyl (C=O) groups excluding carboxylic acids is 2. The van der Waals surface area contributed by atoms with Gasteiger partial charge in [0.25, 0.3) is 0 Å². The van der Waals surface area contributed by atoms with E-state index in [-0.39, 0.29) is 17.9 Å². The van der Waals surface area contributed by atoms with Gasteiger partial charge in [-0.25, -0.2) is 0 Å². The second-order valence-corrected chi connectivity index (χ2v) is 6.51. The molecule has 2 amide bonds. The normalized spacial score (nSPS) is 21.5. The first-order valence-corrected chi connectivity index (χ1v) is 8.33. The smallest absolute Gasteiger partial charge is 0.236 e. The number of aromatic nitrogens is 2. The maximum Gasteiger partial charge on any atom is 0.236 e. The predicted molar refractivity (Wildman–Crippen MR) is 89.2 cm³/mol. The molecule has 1 saturated heterocycles. The fraction of sp³-hybridized carbons (Fsp3) is 0.688. The van der Waals surface area contributed by atoms with Gasteiger partial charge in [-0.05, 0) is 24.8 Å². The Morgan fingerprint density at radius 1 is 1.50 bits per heavy atom. The van der Waals surface area contributed by atoms with Crippen LogP contribution in [0.25, 0.3) is 0 Å². The Hall–Kier alpha value is -1.93. The van der Waals surface area contributed by atoms with Crippen molar-refractivity contribution in [3.63, 3.8) is 0 Å². The zero-order valence-corrected chi connectivity index (χ0v) is 14.4. The highest BCUT2D eigenvalue weighted by molar-refractivity contribution is 5.77. The molecule has 3 N–H and O–H groups in total. The molecule has 1 aromatic heterocycles. The maximum absolute atomic E-state index is 12.0. The van der Waals surface area contributed by atoms with Crippen molar-refractivity contribution < 1.29 is 14.7 Å². The van der Waals surface area contributed by atoms with Gasteiger partial charge in [0.1, 0.15) is 0 Å². The van der Waals surface area contributed by atoms with Crippen LogP contribution in [0.2, 0.25) is 0 Å². The molecule has 8 heteroatoms. The first-order chi connectivity index (χ1) is 11.5. The quantitative estimate of drug-likeness (QED) is 0.615. The van der Waals surface area contributed by atoms with Gasteiger partial charge in [0.05, 0.1) is 24.9 Å². The molecule has 0 spiro atoms. The van der Waals surface area contributed by atoms with Gasteiger partial charge < -0.3 is 15.3 Å². The van der Waals surface area contributed by atoms with Gasteiger partial charge in [-0.1, -0.05) is 0 Å². The van der Waals surface area contributed by atoms with Gasteiger partial charge in [-0.15, -0.1) is 0 Å². The van der Waals surface area contributed by atoms with Gasteiger partial charge in [-0.2, -0.15) is 5.10 Å². The number of piperidine rings is 1. The Balaban J connectivity index is 1.68. The minimum absolute atomic E-state index is 0.0175. The summed E-state index contributed by atoms with van der Waals surface area (Å²) in [6.45, 7) is 1.39. The van der Waals surface area contributed by atoms with E-state index >= 15 is 0 Å². The molecule has 0 aliphatic carbocycles. The fourth-order valence-corrected chi connectivity index (χ4v) is 2.79. The van der Waals surface area contributed by atoms with Crippen LogP contribution in [0.4, 0.5) is 0 Å². The van der Waals surface area contributed by atoms with Crippen molar-refractivity contribution in [1.82, 2.24) is 25.3 Å². The highest BCUT2D eigenvalue weighted by atomic mass is 16.3. The van der Waals surface area contributed by atoms with E-state index in [1.54, 1.807) is 25.2 Å². The third kappa shape index (κ3) is 5.61. The van der Waals surface area contributed by atoms with Crippen LogP contribution < -0.4 is 5.32 Å². The van der Waals surface area contributed by atoms with Crippen LogP contribution in [-0.2, 0) is 16.0 Å². The summed E-state index contributed by atoms with van der Waals surface area (Å²) in [6, 6.07) is -0.239. The SMILES string of the molecule is CN(C)C(=O)CN1CC[C@@H](NC(=O)CCCc2cn[nH]c2)[C@H](O)C1. The summed E-state index contributed by atoms with van der Waals surface area (Å²) in [5, 5.41) is 19.8. The molecule has 0 unspecified atom stereocenters. The number of hydrogen-bond acceptors (Lipinski definition) is 5. The van der Waals surface area contributed by atoms with Gasteiger partial charge in [-0.3, -0.25) is 19.6 Å². The number of aromatic amines is 1. The van der Waals surface area contributed by atoms with E-state index in [1.165, 1.54) is 0 Å². The number of amides is 2. The number of aryl methyl sites for hydroxylation is 1. The maximum atomic E-state index is 12.0. The van der Waals surface area contributed by atoms with Crippen molar-refractivity contribution in [2.24, 2.45) is 0 Å². The van der Waals surface area contributed by atoms with Crippen LogP contribution >= 0.6 is 0 Å². The molecule has 8 nitrogen and oxygen atoms in total. The molecule has 0 saturated carbocycles. The molecule has 2 heterocycles. The fourth-order valence-electron chi connectivity index (χ4n) is 2.79. The number of hydrogen-bond donors (Lipinski definition) is 3. The van der Waals surface area contributed by atoms with Crippen molar-refractivity contribution >= 4 is 11.8 Å². The van der Waals surface area contributed by atoms with Crippen molar-refractivity contribution in [2.75, 3.05) is 33.7 Å². The van der Waals surface area contributed by atoms with Gasteiger partial charge in [0.15, 0.2) is 0 Å². The zero-order chi connectivity index (χ0) is 17.5. The van der Waals surface area contributed by atoms with Crippen LogP contribution in [0.5, 0.6) is 0 Å². The topological polar surface area (TPSA) is 102 Å².